The summed E-state index contributed by atoms with van der Waals surface area (Å²) in [4.78, 5) is 12.0. The summed E-state index contributed by atoms with van der Waals surface area (Å²) in [7, 11) is 0. The van der Waals surface area contributed by atoms with Crippen molar-refractivity contribution in [1.29, 1.82) is 0 Å². The molecule has 0 aliphatic carbocycles. The molecule has 0 spiro atoms. The first-order chi connectivity index (χ1) is 9.38. The van der Waals surface area contributed by atoms with Gasteiger partial charge in [-0.15, -0.1) is 0 Å². The van der Waals surface area contributed by atoms with Gasteiger partial charge in [0.15, 0.2) is 0 Å². The third-order valence-corrected chi connectivity index (χ3v) is 3.14. The third-order valence-electron chi connectivity index (χ3n) is 2.85. The Morgan fingerprint density at radius 1 is 1.15 bits per heavy atom. The zero-order valence-electron chi connectivity index (χ0n) is 10.9. The molecule has 0 heterocycles. The molecule has 5 heteroatoms. The van der Waals surface area contributed by atoms with E-state index in [1.807, 2.05) is 13.0 Å². The maximum absolute atomic E-state index is 13.5. The second-order valence-corrected chi connectivity index (χ2v) is 4.92. The molecule has 0 aromatic heterocycles. The first-order valence-corrected chi connectivity index (χ1v) is 6.29. The van der Waals surface area contributed by atoms with Gasteiger partial charge in [-0.3, -0.25) is 4.79 Å². The lowest BCUT2D eigenvalue weighted by atomic mass is 10.1. The SMILES string of the molecule is Cc1cc(C)c(NC(=O)c2ccc(F)cc2F)c(Cl)c1. The minimum Gasteiger partial charge on any atom is -0.320 e. The van der Waals surface area contributed by atoms with Crippen LogP contribution in [0.3, 0.4) is 0 Å². The summed E-state index contributed by atoms with van der Waals surface area (Å²) in [5.41, 5.74) is 1.91. The first-order valence-electron chi connectivity index (χ1n) is 5.91. The van der Waals surface area contributed by atoms with Gasteiger partial charge in [0.1, 0.15) is 11.6 Å². The summed E-state index contributed by atoms with van der Waals surface area (Å²) in [6.45, 7) is 3.67. The fourth-order valence-corrected chi connectivity index (χ4v) is 2.30. The fourth-order valence-electron chi connectivity index (χ4n) is 1.93. The van der Waals surface area contributed by atoms with Crippen molar-refractivity contribution in [3.63, 3.8) is 0 Å². The lowest BCUT2D eigenvalue weighted by Crippen LogP contribution is -2.15. The molecule has 0 radical (unpaired) electrons. The second kappa shape index (κ2) is 5.59. The van der Waals surface area contributed by atoms with Crippen LogP contribution < -0.4 is 5.32 Å². The van der Waals surface area contributed by atoms with Crippen LogP contribution in [0, 0.1) is 25.5 Å². The minimum absolute atomic E-state index is 0.234. The smallest absolute Gasteiger partial charge is 0.258 e. The molecule has 1 N–H and O–H groups in total. The third kappa shape index (κ3) is 2.96. The van der Waals surface area contributed by atoms with Crippen molar-refractivity contribution in [1.82, 2.24) is 0 Å². The first kappa shape index (κ1) is 14.5. The Kier molecular flexibility index (Phi) is 4.04. The van der Waals surface area contributed by atoms with Crippen LogP contribution in [0.15, 0.2) is 30.3 Å². The molecule has 2 aromatic carbocycles. The van der Waals surface area contributed by atoms with Crippen LogP contribution >= 0.6 is 11.6 Å². The zero-order chi connectivity index (χ0) is 14.9. The van der Waals surface area contributed by atoms with Crippen LogP contribution in [0.5, 0.6) is 0 Å². The number of anilines is 1. The molecular formula is C15H12ClF2NO. The van der Waals surface area contributed by atoms with Crippen molar-refractivity contribution >= 4 is 23.2 Å². The van der Waals surface area contributed by atoms with Crippen LogP contribution in [0.4, 0.5) is 14.5 Å². The summed E-state index contributed by atoms with van der Waals surface area (Å²) >= 11 is 6.06. The number of nitrogens with one attached hydrogen (secondary N) is 1. The number of amides is 1. The molecule has 0 aliphatic heterocycles. The Labute approximate surface area is 120 Å². The zero-order valence-corrected chi connectivity index (χ0v) is 11.7. The molecule has 1 amide bonds. The van der Waals surface area contributed by atoms with E-state index in [-0.39, 0.29) is 5.56 Å². The number of aryl methyl sites for hydroxylation is 2. The molecule has 2 aromatic rings. The average molecular weight is 296 g/mol. The average Bonchev–Trinajstić information content (AvgIpc) is 2.33. The van der Waals surface area contributed by atoms with Crippen molar-refractivity contribution in [2.75, 3.05) is 5.32 Å². The van der Waals surface area contributed by atoms with Crippen LogP contribution in [0.1, 0.15) is 21.5 Å². The highest BCUT2D eigenvalue weighted by Gasteiger charge is 2.15. The van der Waals surface area contributed by atoms with E-state index in [0.717, 1.165) is 23.3 Å². The largest absolute Gasteiger partial charge is 0.320 e. The van der Waals surface area contributed by atoms with E-state index in [4.69, 9.17) is 11.6 Å². The predicted octanol–water partition coefficient (Wildman–Crippen LogP) is 4.49. The van der Waals surface area contributed by atoms with E-state index in [0.29, 0.717) is 16.8 Å². The van der Waals surface area contributed by atoms with Gasteiger partial charge < -0.3 is 5.32 Å². The summed E-state index contributed by atoms with van der Waals surface area (Å²) in [6.07, 6.45) is 0. The van der Waals surface area contributed by atoms with Gasteiger partial charge in [0.05, 0.1) is 16.3 Å². The van der Waals surface area contributed by atoms with Gasteiger partial charge in [-0.05, 0) is 43.2 Å². The number of halogens is 3. The molecule has 0 saturated carbocycles. The summed E-state index contributed by atoms with van der Waals surface area (Å²) < 4.78 is 26.4. The highest BCUT2D eigenvalue weighted by Crippen LogP contribution is 2.28. The highest BCUT2D eigenvalue weighted by atomic mass is 35.5. The van der Waals surface area contributed by atoms with E-state index in [1.54, 1.807) is 13.0 Å². The van der Waals surface area contributed by atoms with Crippen molar-refractivity contribution in [3.8, 4) is 0 Å². The highest BCUT2D eigenvalue weighted by molar-refractivity contribution is 6.34. The topological polar surface area (TPSA) is 29.1 Å². The number of hydrogen-bond acceptors (Lipinski definition) is 1. The van der Waals surface area contributed by atoms with Gasteiger partial charge >= 0.3 is 0 Å². The number of carbonyl (C=O) groups is 1. The Balaban J connectivity index is 2.33. The Hall–Kier alpha value is -1.94. The fraction of sp³-hybridized carbons (Fsp3) is 0.133. The quantitative estimate of drug-likeness (QED) is 0.869. The molecular weight excluding hydrogens is 284 g/mol. The number of rotatable bonds is 2. The summed E-state index contributed by atoms with van der Waals surface area (Å²) in [5, 5.41) is 2.92. The van der Waals surface area contributed by atoms with Crippen LogP contribution in [-0.4, -0.2) is 5.91 Å². The van der Waals surface area contributed by atoms with Crippen molar-refractivity contribution in [2.24, 2.45) is 0 Å². The van der Waals surface area contributed by atoms with Gasteiger partial charge in [-0.25, -0.2) is 8.78 Å². The van der Waals surface area contributed by atoms with E-state index in [2.05, 4.69) is 5.32 Å². The summed E-state index contributed by atoms with van der Waals surface area (Å²) in [5.74, 6) is -2.32. The molecule has 0 atom stereocenters. The molecule has 0 unspecified atom stereocenters. The van der Waals surface area contributed by atoms with Crippen LogP contribution in [0.2, 0.25) is 5.02 Å². The maximum Gasteiger partial charge on any atom is 0.258 e. The molecule has 0 saturated heterocycles. The van der Waals surface area contributed by atoms with Crippen LogP contribution in [-0.2, 0) is 0 Å². The number of hydrogen-bond donors (Lipinski definition) is 1. The lowest BCUT2D eigenvalue weighted by Gasteiger charge is -2.12. The van der Waals surface area contributed by atoms with Gasteiger partial charge in [-0.1, -0.05) is 17.7 Å². The Bertz CT molecular complexity index is 663. The standard InChI is InChI=1S/C15H12ClF2NO/c1-8-5-9(2)14(12(16)6-8)19-15(20)11-4-3-10(17)7-13(11)18/h3-7H,1-2H3,(H,19,20). The Morgan fingerprint density at radius 2 is 1.85 bits per heavy atom. The molecule has 2 nitrogen and oxygen atoms in total. The Morgan fingerprint density at radius 3 is 2.45 bits per heavy atom. The molecule has 0 bridgehead atoms. The lowest BCUT2D eigenvalue weighted by molar-refractivity contribution is 0.102. The van der Waals surface area contributed by atoms with Crippen molar-refractivity contribution in [3.05, 3.63) is 63.7 Å². The van der Waals surface area contributed by atoms with Crippen molar-refractivity contribution in [2.45, 2.75) is 13.8 Å². The minimum atomic E-state index is -0.914. The summed E-state index contributed by atoms with van der Waals surface area (Å²) in [6, 6.07) is 6.34. The molecule has 0 aliphatic rings. The normalized spacial score (nSPS) is 10.4. The van der Waals surface area contributed by atoms with Gasteiger partial charge in [-0.2, -0.15) is 0 Å². The second-order valence-electron chi connectivity index (χ2n) is 4.52. The molecule has 0 fully saturated rings. The van der Waals surface area contributed by atoms with Crippen molar-refractivity contribution < 1.29 is 13.6 Å². The van der Waals surface area contributed by atoms with Gasteiger partial charge in [0.2, 0.25) is 0 Å². The predicted molar refractivity (Wildman–Crippen MR) is 75.2 cm³/mol. The van der Waals surface area contributed by atoms with E-state index in [9.17, 15) is 13.6 Å². The maximum atomic E-state index is 13.5. The molecule has 104 valence electrons. The number of benzene rings is 2. The van der Waals surface area contributed by atoms with E-state index >= 15 is 0 Å². The molecule has 20 heavy (non-hydrogen) atoms. The van der Waals surface area contributed by atoms with Gasteiger partial charge in [0.25, 0.3) is 5.91 Å². The van der Waals surface area contributed by atoms with Crippen LogP contribution in [0.25, 0.3) is 0 Å². The van der Waals surface area contributed by atoms with E-state index in [1.165, 1.54) is 0 Å². The van der Waals surface area contributed by atoms with Gasteiger partial charge in [0, 0.05) is 6.07 Å². The molecule has 2 rings (SSSR count). The number of carbonyl (C=O) groups excluding carboxylic acids is 1. The van der Waals surface area contributed by atoms with E-state index < -0.39 is 17.5 Å². The monoisotopic (exact) mass is 295 g/mol.